The summed E-state index contributed by atoms with van der Waals surface area (Å²) in [6.07, 6.45) is 1.65. The molecule has 0 atom stereocenters. The Morgan fingerprint density at radius 2 is 1.65 bits per heavy atom. The summed E-state index contributed by atoms with van der Waals surface area (Å²) in [5.74, 6) is 1.36. The number of hydrogen-bond donors (Lipinski definition) is 1. The van der Waals surface area contributed by atoms with Crippen LogP contribution in [0.25, 0.3) is 0 Å². The Labute approximate surface area is 118 Å². The number of benzene rings is 2. The Morgan fingerprint density at radius 3 is 2.20 bits per heavy atom. The Balaban J connectivity index is 2.02. The molecular weight excluding hydrogens is 250 g/mol. The maximum Gasteiger partial charge on any atom is 0.251 e. The zero-order valence-corrected chi connectivity index (χ0v) is 11.4. The first-order chi connectivity index (χ1) is 9.69. The van der Waals surface area contributed by atoms with Crippen molar-refractivity contribution in [2.45, 2.75) is 6.92 Å². The van der Waals surface area contributed by atoms with Gasteiger partial charge in [0, 0.05) is 12.1 Å². The fraction of sp³-hybridized carbons (Fsp3) is 0.118. The first-order valence-corrected chi connectivity index (χ1v) is 6.43. The maximum absolute atomic E-state index is 11.7. The summed E-state index contributed by atoms with van der Waals surface area (Å²) in [6.45, 7) is 6.05. The first kappa shape index (κ1) is 13.9. The number of carbonyl (C=O) groups is 1. The fourth-order valence-corrected chi connectivity index (χ4v) is 1.68. The van der Waals surface area contributed by atoms with Crippen molar-refractivity contribution in [3.63, 3.8) is 0 Å². The average Bonchev–Trinajstić information content (AvgIpc) is 2.48. The lowest BCUT2D eigenvalue weighted by atomic mass is 10.2. The van der Waals surface area contributed by atoms with Crippen LogP contribution in [0.1, 0.15) is 15.9 Å². The Kier molecular flexibility index (Phi) is 4.56. The lowest BCUT2D eigenvalue weighted by Crippen LogP contribution is -2.22. The van der Waals surface area contributed by atoms with Crippen LogP contribution in [0.3, 0.4) is 0 Å². The van der Waals surface area contributed by atoms with Crippen molar-refractivity contribution in [1.29, 1.82) is 0 Å². The van der Waals surface area contributed by atoms with Crippen LogP contribution in [-0.2, 0) is 0 Å². The fourth-order valence-electron chi connectivity index (χ4n) is 1.68. The van der Waals surface area contributed by atoms with E-state index in [2.05, 4.69) is 11.9 Å². The molecular formula is C17H17NO2. The number of ether oxygens (including phenoxy) is 1. The minimum absolute atomic E-state index is 0.119. The van der Waals surface area contributed by atoms with Gasteiger partial charge in [0.15, 0.2) is 0 Å². The Bertz CT molecular complexity index is 585. The molecule has 0 fully saturated rings. The summed E-state index contributed by atoms with van der Waals surface area (Å²) in [5.41, 5.74) is 1.79. The van der Waals surface area contributed by atoms with Gasteiger partial charge in [0.05, 0.1) is 0 Å². The Morgan fingerprint density at radius 1 is 1.10 bits per heavy atom. The van der Waals surface area contributed by atoms with Crippen LogP contribution in [0.15, 0.2) is 61.2 Å². The molecule has 2 aromatic carbocycles. The highest BCUT2D eigenvalue weighted by Crippen LogP contribution is 2.21. The van der Waals surface area contributed by atoms with E-state index in [1.165, 1.54) is 5.56 Å². The van der Waals surface area contributed by atoms with Gasteiger partial charge in [-0.25, -0.2) is 0 Å². The lowest BCUT2D eigenvalue weighted by Gasteiger charge is -2.07. The molecule has 0 bridgehead atoms. The predicted octanol–water partition coefficient (Wildman–Crippen LogP) is 3.70. The molecule has 0 saturated heterocycles. The molecule has 0 radical (unpaired) electrons. The molecule has 0 spiro atoms. The van der Waals surface area contributed by atoms with Crippen LogP contribution in [0.4, 0.5) is 0 Å². The number of amides is 1. The number of carbonyl (C=O) groups excluding carboxylic acids is 1. The minimum atomic E-state index is -0.119. The summed E-state index contributed by atoms with van der Waals surface area (Å²) in [5, 5.41) is 2.73. The van der Waals surface area contributed by atoms with Crippen molar-refractivity contribution in [3.8, 4) is 11.5 Å². The smallest absolute Gasteiger partial charge is 0.251 e. The third-order valence-corrected chi connectivity index (χ3v) is 2.78. The van der Waals surface area contributed by atoms with Crippen molar-refractivity contribution in [2.75, 3.05) is 6.54 Å². The van der Waals surface area contributed by atoms with Gasteiger partial charge in [-0.15, -0.1) is 6.58 Å². The number of aryl methyl sites for hydroxylation is 1. The SMILES string of the molecule is C=CCNC(=O)c1ccc(Oc2ccc(C)cc2)cc1. The van der Waals surface area contributed by atoms with E-state index in [0.717, 1.165) is 5.75 Å². The van der Waals surface area contributed by atoms with Gasteiger partial charge in [-0.05, 0) is 43.3 Å². The van der Waals surface area contributed by atoms with Crippen molar-refractivity contribution in [1.82, 2.24) is 5.32 Å². The highest BCUT2D eigenvalue weighted by Gasteiger charge is 2.04. The number of nitrogens with one attached hydrogen (secondary N) is 1. The van der Waals surface area contributed by atoms with Gasteiger partial charge in [-0.3, -0.25) is 4.79 Å². The lowest BCUT2D eigenvalue weighted by molar-refractivity contribution is 0.0958. The van der Waals surface area contributed by atoms with E-state index >= 15 is 0 Å². The van der Waals surface area contributed by atoms with E-state index in [4.69, 9.17) is 4.74 Å². The third kappa shape index (κ3) is 3.72. The van der Waals surface area contributed by atoms with Gasteiger partial charge < -0.3 is 10.1 Å². The molecule has 0 saturated carbocycles. The van der Waals surface area contributed by atoms with E-state index in [9.17, 15) is 4.79 Å². The van der Waals surface area contributed by atoms with E-state index < -0.39 is 0 Å². The molecule has 0 heterocycles. The zero-order valence-electron chi connectivity index (χ0n) is 11.4. The van der Waals surface area contributed by atoms with Crippen LogP contribution in [-0.4, -0.2) is 12.5 Å². The summed E-state index contributed by atoms with van der Waals surface area (Å²) >= 11 is 0. The second kappa shape index (κ2) is 6.57. The average molecular weight is 267 g/mol. The minimum Gasteiger partial charge on any atom is -0.457 e. The largest absolute Gasteiger partial charge is 0.457 e. The summed E-state index contributed by atoms with van der Waals surface area (Å²) in [4.78, 5) is 11.7. The molecule has 1 N–H and O–H groups in total. The van der Waals surface area contributed by atoms with Crippen LogP contribution in [0.5, 0.6) is 11.5 Å². The third-order valence-electron chi connectivity index (χ3n) is 2.78. The molecule has 1 amide bonds. The normalized spacial score (nSPS) is 9.85. The topological polar surface area (TPSA) is 38.3 Å². The van der Waals surface area contributed by atoms with Gasteiger partial charge in [0.1, 0.15) is 11.5 Å². The summed E-state index contributed by atoms with van der Waals surface area (Å²) < 4.78 is 5.70. The van der Waals surface area contributed by atoms with Crippen LogP contribution < -0.4 is 10.1 Å². The molecule has 3 nitrogen and oxygen atoms in total. The second-order valence-corrected chi connectivity index (χ2v) is 4.44. The van der Waals surface area contributed by atoms with E-state index in [-0.39, 0.29) is 5.91 Å². The summed E-state index contributed by atoms with van der Waals surface area (Å²) in [7, 11) is 0. The van der Waals surface area contributed by atoms with Gasteiger partial charge in [-0.1, -0.05) is 23.8 Å². The molecule has 0 aliphatic rings. The molecule has 0 aliphatic carbocycles. The molecule has 20 heavy (non-hydrogen) atoms. The van der Waals surface area contributed by atoms with Gasteiger partial charge in [-0.2, -0.15) is 0 Å². The van der Waals surface area contributed by atoms with Crippen molar-refractivity contribution >= 4 is 5.91 Å². The van der Waals surface area contributed by atoms with Gasteiger partial charge in [0.25, 0.3) is 5.91 Å². The number of hydrogen-bond acceptors (Lipinski definition) is 2. The monoisotopic (exact) mass is 267 g/mol. The summed E-state index contributed by atoms with van der Waals surface area (Å²) in [6, 6.07) is 14.9. The van der Waals surface area contributed by atoms with Crippen molar-refractivity contribution < 1.29 is 9.53 Å². The molecule has 102 valence electrons. The highest BCUT2D eigenvalue weighted by atomic mass is 16.5. The molecule has 0 unspecified atom stereocenters. The standard InChI is InChI=1S/C17H17NO2/c1-3-12-18-17(19)14-6-10-16(11-7-14)20-15-8-4-13(2)5-9-15/h3-11H,1,12H2,2H3,(H,18,19). The number of rotatable bonds is 5. The van der Waals surface area contributed by atoms with E-state index in [1.807, 2.05) is 31.2 Å². The van der Waals surface area contributed by atoms with Crippen LogP contribution in [0.2, 0.25) is 0 Å². The van der Waals surface area contributed by atoms with E-state index in [1.54, 1.807) is 30.3 Å². The van der Waals surface area contributed by atoms with Crippen molar-refractivity contribution in [2.24, 2.45) is 0 Å². The van der Waals surface area contributed by atoms with Gasteiger partial charge in [0.2, 0.25) is 0 Å². The zero-order chi connectivity index (χ0) is 14.4. The molecule has 0 aliphatic heterocycles. The molecule has 2 aromatic rings. The molecule has 0 aromatic heterocycles. The molecule has 3 heteroatoms. The predicted molar refractivity (Wildman–Crippen MR) is 80.2 cm³/mol. The van der Waals surface area contributed by atoms with Crippen LogP contribution >= 0.6 is 0 Å². The van der Waals surface area contributed by atoms with Crippen LogP contribution in [0, 0.1) is 6.92 Å². The first-order valence-electron chi connectivity index (χ1n) is 6.43. The Hall–Kier alpha value is -2.55. The highest BCUT2D eigenvalue weighted by molar-refractivity contribution is 5.94. The quantitative estimate of drug-likeness (QED) is 0.839. The maximum atomic E-state index is 11.7. The van der Waals surface area contributed by atoms with Crippen molar-refractivity contribution in [3.05, 3.63) is 72.3 Å². The van der Waals surface area contributed by atoms with Gasteiger partial charge >= 0.3 is 0 Å². The second-order valence-electron chi connectivity index (χ2n) is 4.44. The molecule has 2 rings (SSSR count). The van der Waals surface area contributed by atoms with E-state index in [0.29, 0.717) is 17.9 Å².